The Balaban J connectivity index is 1.90. The first-order chi connectivity index (χ1) is 9.50. The second kappa shape index (κ2) is 6.07. The van der Waals surface area contributed by atoms with Gasteiger partial charge in [-0.05, 0) is 33.1 Å². The maximum atomic E-state index is 12.1. The molecular weight excluding hydrogens is 258 g/mol. The normalized spacial score (nSPS) is 18.9. The van der Waals surface area contributed by atoms with Crippen LogP contribution in [0, 0.1) is 6.92 Å². The van der Waals surface area contributed by atoms with Gasteiger partial charge >= 0.3 is 5.97 Å². The summed E-state index contributed by atoms with van der Waals surface area (Å²) < 4.78 is 6.70. The lowest BCUT2D eigenvalue weighted by Gasteiger charge is -2.33. The second-order valence-corrected chi connectivity index (χ2v) is 5.28. The summed E-state index contributed by atoms with van der Waals surface area (Å²) in [6.07, 6.45) is 4.65. The van der Waals surface area contributed by atoms with Gasteiger partial charge in [-0.15, -0.1) is 0 Å². The fraction of sp³-hybridized carbons (Fsp3) is 0.643. The molecule has 0 spiro atoms. The van der Waals surface area contributed by atoms with Crippen molar-refractivity contribution >= 4 is 11.9 Å². The minimum absolute atomic E-state index is 0.118. The topological polar surface area (TPSA) is 64.4 Å². The van der Waals surface area contributed by atoms with E-state index >= 15 is 0 Å². The number of nitrogens with zero attached hydrogens (tertiary/aromatic N) is 3. The minimum Gasteiger partial charge on any atom is -0.452 e. The molecule has 1 unspecified atom stereocenters. The molecule has 0 radical (unpaired) electrons. The van der Waals surface area contributed by atoms with Gasteiger partial charge in [0.15, 0.2) is 6.61 Å². The molecule has 2 rings (SSSR count). The summed E-state index contributed by atoms with van der Waals surface area (Å²) in [7, 11) is 1.76. The zero-order valence-electron chi connectivity index (χ0n) is 12.3. The summed E-state index contributed by atoms with van der Waals surface area (Å²) in [5, 5.41) is 3.99. The van der Waals surface area contributed by atoms with Crippen LogP contribution in [0.3, 0.4) is 0 Å². The van der Waals surface area contributed by atoms with Gasteiger partial charge in [0.2, 0.25) is 0 Å². The largest absolute Gasteiger partial charge is 0.452 e. The molecule has 1 aromatic rings. The van der Waals surface area contributed by atoms with Gasteiger partial charge in [-0.2, -0.15) is 5.10 Å². The van der Waals surface area contributed by atoms with Crippen LogP contribution in [0.25, 0.3) is 0 Å². The summed E-state index contributed by atoms with van der Waals surface area (Å²) in [6, 6.07) is 0.232. The van der Waals surface area contributed by atoms with Gasteiger partial charge in [0.05, 0.1) is 6.20 Å². The molecule has 20 heavy (non-hydrogen) atoms. The molecule has 0 saturated carbocycles. The summed E-state index contributed by atoms with van der Waals surface area (Å²) in [5.74, 6) is -0.610. The molecule has 1 saturated heterocycles. The van der Waals surface area contributed by atoms with Crippen molar-refractivity contribution in [2.24, 2.45) is 7.05 Å². The number of likely N-dealkylation sites (tertiary alicyclic amines) is 1. The van der Waals surface area contributed by atoms with Gasteiger partial charge in [-0.3, -0.25) is 9.48 Å². The van der Waals surface area contributed by atoms with Crippen LogP contribution in [-0.4, -0.2) is 45.8 Å². The third-order valence-corrected chi connectivity index (χ3v) is 3.91. The SMILES string of the molecule is Cc1c(C(=O)OCC(=O)N2CCCCC2C)cnn1C. The molecule has 1 aromatic heterocycles. The Morgan fingerprint density at radius 1 is 1.45 bits per heavy atom. The predicted molar refractivity (Wildman–Crippen MR) is 73.3 cm³/mol. The number of ether oxygens (including phenoxy) is 1. The van der Waals surface area contributed by atoms with Crippen molar-refractivity contribution in [3.63, 3.8) is 0 Å². The zero-order chi connectivity index (χ0) is 14.7. The first-order valence-corrected chi connectivity index (χ1v) is 6.96. The number of esters is 1. The summed E-state index contributed by atoms with van der Waals surface area (Å²) in [5.41, 5.74) is 1.14. The van der Waals surface area contributed by atoms with Crippen LogP contribution in [-0.2, 0) is 16.6 Å². The van der Waals surface area contributed by atoms with E-state index in [0.29, 0.717) is 5.56 Å². The number of aromatic nitrogens is 2. The van der Waals surface area contributed by atoms with Crippen LogP contribution in [0.2, 0.25) is 0 Å². The molecule has 0 bridgehead atoms. The lowest BCUT2D eigenvalue weighted by atomic mass is 10.0. The van der Waals surface area contributed by atoms with E-state index in [-0.39, 0.29) is 18.6 Å². The number of amides is 1. The molecule has 6 heteroatoms. The second-order valence-electron chi connectivity index (χ2n) is 5.28. The summed E-state index contributed by atoms with van der Waals surface area (Å²) >= 11 is 0. The Bertz CT molecular complexity index is 510. The van der Waals surface area contributed by atoms with E-state index in [9.17, 15) is 9.59 Å². The van der Waals surface area contributed by atoms with Gasteiger partial charge in [-0.25, -0.2) is 4.79 Å². The maximum Gasteiger partial charge on any atom is 0.342 e. The Morgan fingerprint density at radius 2 is 2.20 bits per heavy atom. The van der Waals surface area contributed by atoms with Crippen LogP contribution >= 0.6 is 0 Å². The van der Waals surface area contributed by atoms with E-state index in [2.05, 4.69) is 5.10 Å². The van der Waals surface area contributed by atoms with Crippen LogP contribution in [0.1, 0.15) is 42.2 Å². The number of carbonyl (C=O) groups is 2. The molecule has 6 nitrogen and oxygen atoms in total. The summed E-state index contributed by atoms with van der Waals surface area (Å²) in [6.45, 7) is 4.38. The van der Waals surface area contributed by atoms with Crippen molar-refractivity contribution in [1.29, 1.82) is 0 Å². The Morgan fingerprint density at radius 3 is 2.80 bits per heavy atom. The van der Waals surface area contributed by atoms with E-state index in [1.165, 1.54) is 6.20 Å². The number of aryl methyl sites for hydroxylation is 1. The van der Waals surface area contributed by atoms with Crippen molar-refractivity contribution in [1.82, 2.24) is 14.7 Å². The molecular formula is C14H21N3O3. The molecule has 1 fully saturated rings. The molecule has 2 heterocycles. The van der Waals surface area contributed by atoms with Gasteiger partial charge in [-0.1, -0.05) is 0 Å². The predicted octanol–water partition coefficient (Wildman–Crippen LogP) is 1.29. The molecule has 1 atom stereocenters. The third-order valence-electron chi connectivity index (χ3n) is 3.91. The van der Waals surface area contributed by atoms with E-state index in [1.807, 2.05) is 6.92 Å². The fourth-order valence-electron chi connectivity index (χ4n) is 2.46. The zero-order valence-corrected chi connectivity index (χ0v) is 12.3. The Kier molecular flexibility index (Phi) is 4.42. The average molecular weight is 279 g/mol. The smallest absolute Gasteiger partial charge is 0.342 e. The Hall–Kier alpha value is -1.85. The monoisotopic (exact) mass is 279 g/mol. The van der Waals surface area contributed by atoms with Crippen molar-refractivity contribution in [3.05, 3.63) is 17.5 Å². The highest BCUT2D eigenvalue weighted by Gasteiger charge is 2.24. The van der Waals surface area contributed by atoms with Crippen LogP contribution in [0.5, 0.6) is 0 Å². The molecule has 0 aliphatic carbocycles. The summed E-state index contributed by atoms with van der Waals surface area (Å²) in [4.78, 5) is 25.8. The van der Waals surface area contributed by atoms with Gasteiger partial charge in [0, 0.05) is 25.3 Å². The fourth-order valence-corrected chi connectivity index (χ4v) is 2.46. The highest BCUT2D eigenvalue weighted by atomic mass is 16.5. The number of hydrogen-bond donors (Lipinski definition) is 0. The standard InChI is InChI=1S/C14H21N3O3/c1-10-6-4-5-7-17(10)13(18)9-20-14(19)12-8-15-16(3)11(12)2/h8,10H,4-7,9H2,1-3H3. The lowest BCUT2D eigenvalue weighted by molar-refractivity contribution is -0.137. The van der Waals surface area contributed by atoms with Gasteiger partial charge in [0.1, 0.15) is 5.56 Å². The van der Waals surface area contributed by atoms with Crippen molar-refractivity contribution in [3.8, 4) is 0 Å². The molecule has 0 aromatic carbocycles. The quantitative estimate of drug-likeness (QED) is 0.782. The third kappa shape index (κ3) is 3.00. The van der Waals surface area contributed by atoms with E-state index in [0.717, 1.165) is 31.5 Å². The highest BCUT2D eigenvalue weighted by molar-refractivity contribution is 5.92. The lowest BCUT2D eigenvalue weighted by Crippen LogP contribution is -2.44. The van der Waals surface area contributed by atoms with E-state index < -0.39 is 5.97 Å². The van der Waals surface area contributed by atoms with Crippen LogP contribution < -0.4 is 0 Å². The van der Waals surface area contributed by atoms with E-state index in [4.69, 9.17) is 4.74 Å². The molecule has 0 N–H and O–H groups in total. The number of carbonyl (C=O) groups excluding carboxylic acids is 2. The maximum absolute atomic E-state index is 12.1. The van der Waals surface area contributed by atoms with Gasteiger partial charge in [0.25, 0.3) is 5.91 Å². The van der Waals surface area contributed by atoms with Crippen LogP contribution in [0.4, 0.5) is 0 Å². The number of rotatable bonds is 3. The average Bonchev–Trinajstić information content (AvgIpc) is 2.76. The highest BCUT2D eigenvalue weighted by Crippen LogP contribution is 2.16. The first kappa shape index (κ1) is 14.6. The molecule has 110 valence electrons. The molecule has 1 amide bonds. The first-order valence-electron chi connectivity index (χ1n) is 6.96. The Labute approximate surface area is 118 Å². The molecule has 1 aliphatic heterocycles. The van der Waals surface area contributed by atoms with Gasteiger partial charge < -0.3 is 9.64 Å². The number of piperidine rings is 1. The van der Waals surface area contributed by atoms with E-state index in [1.54, 1.807) is 23.6 Å². The van der Waals surface area contributed by atoms with Crippen molar-refractivity contribution in [2.75, 3.05) is 13.2 Å². The molecule has 1 aliphatic rings. The van der Waals surface area contributed by atoms with Crippen molar-refractivity contribution < 1.29 is 14.3 Å². The van der Waals surface area contributed by atoms with Crippen LogP contribution in [0.15, 0.2) is 6.20 Å². The number of hydrogen-bond acceptors (Lipinski definition) is 4. The van der Waals surface area contributed by atoms with Crippen molar-refractivity contribution in [2.45, 2.75) is 39.2 Å². The minimum atomic E-state index is -0.492.